The SMILES string of the molecule is COCC(NS(=O)(=O)CCOc1cccc(N)c1)C(C)C. The summed E-state index contributed by atoms with van der Waals surface area (Å²) in [5.74, 6) is 0.589. The summed E-state index contributed by atoms with van der Waals surface area (Å²) in [6, 6.07) is 6.64. The molecule has 6 nitrogen and oxygen atoms in total. The van der Waals surface area contributed by atoms with Crippen molar-refractivity contribution in [3.8, 4) is 5.75 Å². The fraction of sp³-hybridized carbons (Fsp3) is 0.571. The molecular weight excluding hydrogens is 292 g/mol. The van der Waals surface area contributed by atoms with Gasteiger partial charge in [-0.15, -0.1) is 0 Å². The van der Waals surface area contributed by atoms with Gasteiger partial charge >= 0.3 is 0 Å². The number of hydrogen-bond donors (Lipinski definition) is 2. The van der Waals surface area contributed by atoms with E-state index in [1.807, 2.05) is 13.8 Å². The Bertz CT molecular complexity index is 532. The van der Waals surface area contributed by atoms with Crippen molar-refractivity contribution < 1.29 is 17.9 Å². The standard InChI is InChI=1S/C14H24N2O4S/c1-11(2)14(10-19-3)16-21(17,18)8-7-20-13-6-4-5-12(15)9-13/h4-6,9,11,14,16H,7-8,10,15H2,1-3H3. The molecule has 1 rings (SSSR count). The van der Waals surface area contributed by atoms with Gasteiger partial charge in [-0.1, -0.05) is 19.9 Å². The van der Waals surface area contributed by atoms with E-state index in [0.717, 1.165) is 0 Å². The van der Waals surface area contributed by atoms with Gasteiger partial charge in [0.05, 0.1) is 12.4 Å². The molecule has 0 saturated carbocycles. The first-order valence-electron chi connectivity index (χ1n) is 6.81. The van der Waals surface area contributed by atoms with Crippen LogP contribution in [-0.4, -0.2) is 40.5 Å². The van der Waals surface area contributed by atoms with E-state index in [4.69, 9.17) is 15.2 Å². The largest absolute Gasteiger partial charge is 0.492 e. The van der Waals surface area contributed by atoms with Crippen molar-refractivity contribution in [1.29, 1.82) is 0 Å². The third-order valence-corrected chi connectivity index (χ3v) is 4.33. The lowest BCUT2D eigenvalue weighted by Gasteiger charge is -2.21. The van der Waals surface area contributed by atoms with E-state index < -0.39 is 10.0 Å². The Kier molecular flexibility index (Phi) is 6.94. The van der Waals surface area contributed by atoms with E-state index >= 15 is 0 Å². The lowest BCUT2D eigenvalue weighted by Crippen LogP contribution is -2.43. The van der Waals surface area contributed by atoms with Crippen LogP contribution in [0.3, 0.4) is 0 Å². The molecule has 0 radical (unpaired) electrons. The average Bonchev–Trinajstić information content (AvgIpc) is 2.37. The molecule has 1 aromatic rings. The first-order valence-corrected chi connectivity index (χ1v) is 8.46. The highest BCUT2D eigenvalue weighted by atomic mass is 32.2. The van der Waals surface area contributed by atoms with E-state index in [9.17, 15) is 8.42 Å². The quantitative estimate of drug-likeness (QED) is 0.669. The molecule has 7 heteroatoms. The molecule has 3 N–H and O–H groups in total. The number of anilines is 1. The minimum atomic E-state index is -3.41. The van der Waals surface area contributed by atoms with Gasteiger partial charge in [-0.05, 0) is 18.1 Å². The monoisotopic (exact) mass is 316 g/mol. The summed E-state index contributed by atoms with van der Waals surface area (Å²) in [6.45, 7) is 4.29. The summed E-state index contributed by atoms with van der Waals surface area (Å²) in [5, 5.41) is 0. The summed E-state index contributed by atoms with van der Waals surface area (Å²) in [6.07, 6.45) is 0. The van der Waals surface area contributed by atoms with Gasteiger partial charge in [-0.2, -0.15) is 0 Å². The Morgan fingerprint density at radius 3 is 2.62 bits per heavy atom. The van der Waals surface area contributed by atoms with E-state index in [1.165, 1.54) is 0 Å². The molecular formula is C14H24N2O4S. The third kappa shape index (κ3) is 6.79. The molecule has 0 bridgehead atoms. The first kappa shape index (κ1) is 17.7. The zero-order valence-corrected chi connectivity index (χ0v) is 13.5. The number of benzene rings is 1. The van der Waals surface area contributed by atoms with E-state index in [2.05, 4.69) is 4.72 Å². The van der Waals surface area contributed by atoms with E-state index in [1.54, 1.807) is 31.4 Å². The summed E-state index contributed by atoms with van der Waals surface area (Å²) < 4.78 is 37.1. The van der Waals surface area contributed by atoms with Crippen molar-refractivity contribution in [2.45, 2.75) is 19.9 Å². The molecule has 0 spiro atoms. The molecule has 0 fully saturated rings. The number of rotatable bonds is 9. The van der Waals surface area contributed by atoms with Gasteiger partial charge in [0.25, 0.3) is 0 Å². The molecule has 0 aliphatic heterocycles. The molecule has 0 aromatic heterocycles. The molecule has 0 amide bonds. The molecule has 21 heavy (non-hydrogen) atoms. The van der Waals surface area contributed by atoms with Gasteiger partial charge in [0.15, 0.2) is 0 Å². The van der Waals surface area contributed by atoms with Crippen LogP contribution in [0.1, 0.15) is 13.8 Å². The molecule has 1 aromatic carbocycles. The topological polar surface area (TPSA) is 90.6 Å². The number of nitrogens with one attached hydrogen (secondary N) is 1. The second-order valence-corrected chi connectivity index (χ2v) is 7.04. The molecule has 1 unspecified atom stereocenters. The first-order chi connectivity index (χ1) is 9.84. The molecule has 0 heterocycles. The van der Waals surface area contributed by atoms with Crippen LogP contribution >= 0.6 is 0 Å². The van der Waals surface area contributed by atoms with E-state index in [0.29, 0.717) is 18.0 Å². The Morgan fingerprint density at radius 2 is 2.05 bits per heavy atom. The van der Waals surface area contributed by atoms with Gasteiger partial charge in [0.1, 0.15) is 12.4 Å². The normalized spacial score (nSPS) is 13.3. The second-order valence-electron chi connectivity index (χ2n) is 5.16. The van der Waals surface area contributed by atoms with Crippen LogP contribution in [0.15, 0.2) is 24.3 Å². The van der Waals surface area contributed by atoms with Crippen LogP contribution < -0.4 is 15.2 Å². The van der Waals surface area contributed by atoms with Crippen LogP contribution in [0.5, 0.6) is 5.75 Å². The highest BCUT2D eigenvalue weighted by Gasteiger charge is 2.20. The highest BCUT2D eigenvalue weighted by Crippen LogP contribution is 2.14. The van der Waals surface area contributed by atoms with Crippen LogP contribution in [0, 0.1) is 5.92 Å². The summed E-state index contributed by atoms with van der Waals surface area (Å²) in [4.78, 5) is 0. The maximum atomic E-state index is 12.0. The predicted molar refractivity (Wildman–Crippen MR) is 83.8 cm³/mol. The van der Waals surface area contributed by atoms with Crippen molar-refractivity contribution >= 4 is 15.7 Å². The van der Waals surface area contributed by atoms with Gasteiger partial charge in [0.2, 0.25) is 10.0 Å². The molecule has 0 aliphatic rings. The van der Waals surface area contributed by atoms with Crippen LogP contribution in [-0.2, 0) is 14.8 Å². The minimum absolute atomic E-state index is 0.0661. The van der Waals surface area contributed by atoms with Gasteiger partial charge in [-0.25, -0.2) is 13.1 Å². The average molecular weight is 316 g/mol. The number of nitrogen functional groups attached to an aromatic ring is 1. The molecule has 0 aliphatic carbocycles. The van der Waals surface area contributed by atoms with Gasteiger partial charge in [-0.3, -0.25) is 0 Å². The Morgan fingerprint density at radius 1 is 1.33 bits per heavy atom. The van der Waals surface area contributed by atoms with Crippen LogP contribution in [0.4, 0.5) is 5.69 Å². The lowest BCUT2D eigenvalue weighted by atomic mass is 10.1. The second kappa shape index (κ2) is 8.21. The zero-order valence-electron chi connectivity index (χ0n) is 12.7. The maximum Gasteiger partial charge on any atom is 0.215 e. The summed E-state index contributed by atoms with van der Waals surface area (Å²) in [7, 11) is -1.87. The van der Waals surface area contributed by atoms with E-state index in [-0.39, 0.29) is 24.3 Å². The van der Waals surface area contributed by atoms with Crippen molar-refractivity contribution in [3.63, 3.8) is 0 Å². The highest BCUT2D eigenvalue weighted by molar-refractivity contribution is 7.89. The number of ether oxygens (including phenoxy) is 2. The van der Waals surface area contributed by atoms with Gasteiger partial charge < -0.3 is 15.2 Å². The van der Waals surface area contributed by atoms with Gasteiger partial charge in [0, 0.05) is 24.9 Å². The van der Waals surface area contributed by atoms with Crippen LogP contribution in [0.2, 0.25) is 0 Å². The fourth-order valence-electron chi connectivity index (χ4n) is 1.71. The van der Waals surface area contributed by atoms with Crippen molar-refractivity contribution in [3.05, 3.63) is 24.3 Å². The number of nitrogens with two attached hydrogens (primary N) is 1. The Balaban J connectivity index is 2.49. The number of sulfonamides is 1. The minimum Gasteiger partial charge on any atom is -0.492 e. The lowest BCUT2D eigenvalue weighted by molar-refractivity contribution is 0.157. The number of hydrogen-bond acceptors (Lipinski definition) is 5. The zero-order chi connectivity index (χ0) is 15.9. The summed E-state index contributed by atoms with van der Waals surface area (Å²) in [5.41, 5.74) is 6.20. The molecule has 1 atom stereocenters. The smallest absolute Gasteiger partial charge is 0.215 e. The molecule has 0 saturated heterocycles. The maximum absolute atomic E-state index is 12.0. The third-order valence-electron chi connectivity index (χ3n) is 2.96. The predicted octanol–water partition coefficient (Wildman–Crippen LogP) is 1.24. The van der Waals surface area contributed by atoms with Crippen molar-refractivity contribution in [2.24, 2.45) is 5.92 Å². The number of methoxy groups -OCH3 is 1. The van der Waals surface area contributed by atoms with Crippen molar-refractivity contribution in [1.82, 2.24) is 4.72 Å². The fourth-order valence-corrected chi connectivity index (χ4v) is 2.93. The molecule has 120 valence electrons. The summed E-state index contributed by atoms with van der Waals surface area (Å²) >= 11 is 0. The Hall–Kier alpha value is -1.31. The Labute approximate surface area is 126 Å². The van der Waals surface area contributed by atoms with Crippen LogP contribution in [0.25, 0.3) is 0 Å². The van der Waals surface area contributed by atoms with Crippen molar-refractivity contribution in [2.75, 3.05) is 31.8 Å².